The van der Waals surface area contributed by atoms with E-state index in [2.05, 4.69) is 181 Å². The lowest BCUT2D eigenvalue weighted by Gasteiger charge is -2.30. The van der Waals surface area contributed by atoms with E-state index in [1.165, 1.54) is 54.6 Å². The summed E-state index contributed by atoms with van der Waals surface area (Å²) in [5.41, 5.74) is 8.24. The molecule has 0 N–H and O–H groups in total. The fourth-order valence-electron chi connectivity index (χ4n) is 6.45. The normalized spacial score (nSPS) is 11.3. The quantitative estimate of drug-likeness (QED) is 0.194. The van der Waals surface area contributed by atoms with Crippen molar-refractivity contribution >= 4 is 49.4 Å². The minimum atomic E-state index is 1.12. The molecule has 0 heterocycles. The van der Waals surface area contributed by atoms with E-state index in [1.54, 1.807) is 0 Å². The SMILES string of the molecule is c1ccc(-c2cccc(N(c3ccccc3)c3ccc4ccccc4c3)c2-c2cc3ccccc3c3ccccc23)cc1. The molecule has 202 valence electrons. The summed E-state index contributed by atoms with van der Waals surface area (Å²) in [5.74, 6) is 0. The average molecular weight is 548 g/mol. The van der Waals surface area contributed by atoms with E-state index >= 15 is 0 Å². The Hall–Kier alpha value is -5.66. The molecule has 1 nitrogen and oxygen atoms in total. The van der Waals surface area contributed by atoms with Gasteiger partial charge in [-0.15, -0.1) is 0 Å². The Morgan fingerprint density at radius 2 is 0.953 bits per heavy atom. The summed E-state index contributed by atoms with van der Waals surface area (Å²) < 4.78 is 0. The number of para-hydroxylation sites is 1. The zero-order chi connectivity index (χ0) is 28.6. The number of benzene rings is 8. The van der Waals surface area contributed by atoms with Crippen molar-refractivity contribution < 1.29 is 0 Å². The lowest BCUT2D eigenvalue weighted by molar-refractivity contribution is 1.29. The van der Waals surface area contributed by atoms with Crippen molar-refractivity contribution in [2.45, 2.75) is 0 Å². The van der Waals surface area contributed by atoms with Crippen LogP contribution in [0, 0.1) is 0 Å². The van der Waals surface area contributed by atoms with Crippen LogP contribution in [0.1, 0.15) is 0 Å². The molecule has 0 bridgehead atoms. The number of hydrogen-bond acceptors (Lipinski definition) is 1. The Kier molecular flexibility index (Phi) is 6.20. The molecule has 0 aliphatic heterocycles. The Morgan fingerprint density at radius 1 is 0.326 bits per heavy atom. The molecular formula is C42H29N. The van der Waals surface area contributed by atoms with Gasteiger partial charge in [0.15, 0.2) is 0 Å². The van der Waals surface area contributed by atoms with Crippen LogP contribution in [0.15, 0.2) is 176 Å². The predicted molar refractivity (Wildman–Crippen MR) is 185 cm³/mol. The monoisotopic (exact) mass is 547 g/mol. The average Bonchev–Trinajstić information content (AvgIpc) is 3.09. The molecule has 0 unspecified atom stereocenters. The first-order chi connectivity index (χ1) is 21.3. The topological polar surface area (TPSA) is 3.24 Å². The van der Waals surface area contributed by atoms with Crippen molar-refractivity contribution in [3.63, 3.8) is 0 Å². The van der Waals surface area contributed by atoms with Crippen molar-refractivity contribution in [1.29, 1.82) is 0 Å². The van der Waals surface area contributed by atoms with Gasteiger partial charge >= 0.3 is 0 Å². The van der Waals surface area contributed by atoms with Crippen LogP contribution in [0.25, 0.3) is 54.6 Å². The van der Waals surface area contributed by atoms with Gasteiger partial charge in [0.05, 0.1) is 5.69 Å². The van der Waals surface area contributed by atoms with Gasteiger partial charge in [-0.1, -0.05) is 140 Å². The van der Waals surface area contributed by atoms with Crippen molar-refractivity contribution in [3.05, 3.63) is 176 Å². The molecule has 8 aromatic carbocycles. The Morgan fingerprint density at radius 3 is 1.74 bits per heavy atom. The summed E-state index contributed by atoms with van der Waals surface area (Å²) in [6.07, 6.45) is 0. The molecule has 0 amide bonds. The van der Waals surface area contributed by atoms with Gasteiger partial charge in [-0.05, 0) is 85.4 Å². The van der Waals surface area contributed by atoms with Crippen molar-refractivity contribution in [3.8, 4) is 22.3 Å². The van der Waals surface area contributed by atoms with Crippen LogP contribution in [-0.4, -0.2) is 0 Å². The zero-order valence-electron chi connectivity index (χ0n) is 23.7. The van der Waals surface area contributed by atoms with Gasteiger partial charge in [0.1, 0.15) is 0 Å². The van der Waals surface area contributed by atoms with E-state index in [0.717, 1.165) is 17.1 Å². The minimum absolute atomic E-state index is 1.12. The van der Waals surface area contributed by atoms with Gasteiger partial charge in [0.25, 0.3) is 0 Å². The summed E-state index contributed by atoms with van der Waals surface area (Å²) in [5, 5.41) is 7.48. The summed E-state index contributed by atoms with van der Waals surface area (Å²) >= 11 is 0. The highest BCUT2D eigenvalue weighted by Gasteiger charge is 2.22. The Labute approximate surface area is 251 Å². The first-order valence-corrected chi connectivity index (χ1v) is 14.8. The van der Waals surface area contributed by atoms with Crippen LogP contribution in [0.3, 0.4) is 0 Å². The third kappa shape index (κ3) is 4.43. The second-order valence-electron chi connectivity index (χ2n) is 11.0. The summed E-state index contributed by atoms with van der Waals surface area (Å²) in [7, 11) is 0. The molecule has 1 heteroatoms. The second kappa shape index (κ2) is 10.6. The fraction of sp³-hybridized carbons (Fsp3) is 0. The molecule has 0 radical (unpaired) electrons. The predicted octanol–water partition coefficient (Wildman–Crippen LogP) is 11.9. The lowest BCUT2D eigenvalue weighted by Crippen LogP contribution is -2.11. The number of nitrogens with zero attached hydrogens (tertiary/aromatic N) is 1. The van der Waals surface area contributed by atoms with Crippen molar-refractivity contribution in [2.75, 3.05) is 4.90 Å². The molecular weight excluding hydrogens is 518 g/mol. The van der Waals surface area contributed by atoms with Crippen molar-refractivity contribution in [2.24, 2.45) is 0 Å². The van der Waals surface area contributed by atoms with Gasteiger partial charge in [0, 0.05) is 16.9 Å². The van der Waals surface area contributed by atoms with Crippen LogP contribution in [0.5, 0.6) is 0 Å². The molecule has 0 aromatic heterocycles. The third-order valence-corrected chi connectivity index (χ3v) is 8.41. The first kappa shape index (κ1) is 25.1. The molecule has 0 aliphatic carbocycles. The highest BCUT2D eigenvalue weighted by atomic mass is 15.1. The van der Waals surface area contributed by atoms with Crippen LogP contribution < -0.4 is 4.90 Å². The first-order valence-electron chi connectivity index (χ1n) is 14.8. The standard InChI is InChI=1S/C42H29N/c1-3-15-31(16-4-1)37-24-13-25-41(42(37)40-29-33-18-9-10-21-36(33)38-22-11-12-23-39(38)40)43(34-19-5-2-6-20-34)35-27-26-30-14-7-8-17-32(30)28-35/h1-29H. The van der Waals surface area contributed by atoms with Crippen molar-refractivity contribution in [1.82, 2.24) is 0 Å². The van der Waals surface area contributed by atoms with Crippen LogP contribution >= 0.6 is 0 Å². The molecule has 0 atom stereocenters. The molecule has 0 aliphatic rings. The van der Waals surface area contributed by atoms with E-state index in [9.17, 15) is 0 Å². The highest BCUT2D eigenvalue weighted by molar-refractivity contribution is 6.16. The molecule has 43 heavy (non-hydrogen) atoms. The van der Waals surface area contributed by atoms with Gasteiger partial charge in [-0.3, -0.25) is 0 Å². The van der Waals surface area contributed by atoms with E-state index in [0.29, 0.717) is 0 Å². The highest BCUT2D eigenvalue weighted by Crippen LogP contribution is 2.48. The maximum atomic E-state index is 2.41. The van der Waals surface area contributed by atoms with Crippen LogP contribution in [0.4, 0.5) is 17.1 Å². The largest absolute Gasteiger partial charge is 0.310 e. The van der Waals surface area contributed by atoms with Gasteiger partial charge in [0.2, 0.25) is 0 Å². The Balaban J connectivity index is 1.50. The van der Waals surface area contributed by atoms with E-state index in [4.69, 9.17) is 0 Å². The second-order valence-corrected chi connectivity index (χ2v) is 11.0. The molecule has 0 spiro atoms. The molecule has 0 saturated heterocycles. The molecule has 0 fully saturated rings. The molecule has 8 rings (SSSR count). The molecule has 8 aromatic rings. The zero-order valence-corrected chi connectivity index (χ0v) is 23.7. The summed E-state index contributed by atoms with van der Waals surface area (Å²) in [6, 6.07) is 63.5. The smallest absolute Gasteiger partial charge is 0.0546 e. The van der Waals surface area contributed by atoms with Crippen LogP contribution in [-0.2, 0) is 0 Å². The van der Waals surface area contributed by atoms with Crippen LogP contribution in [0.2, 0.25) is 0 Å². The van der Waals surface area contributed by atoms with Gasteiger partial charge in [-0.2, -0.15) is 0 Å². The summed E-state index contributed by atoms with van der Waals surface area (Å²) in [4.78, 5) is 2.41. The maximum absolute atomic E-state index is 2.41. The van der Waals surface area contributed by atoms with E-state index < -0.39 is 0 Å². The van der Waals surface area contributed by atoms with Gasteiger partial charge in [-0.25, -0.2) is 0 Å². The van der Waals surface area contributed by atoms with E-state index in [-0.39, 0.29) is 0 Å². The molecule has 0 saturated carbocycles. The summed E-state index contributed by atoms with van der Waals surface area (Å²) in [6.45, 7) is 0. The minimum Gasteiger partial charge on any atom is -0.310 e. The maximum Gasteiger partial charge on any atom is 0.0546 e. The Bertz CT molecular complexity index is 2230. The number of hydrogen-bond donors (Lipinski definition) is 0. The number of fused-ring (bicyclic) bond motifs is 4. The lowest BCUT2D eigenvalue weighted by atomic mass is 9.87. The van der Waals surface area contributed by atoms with E-state index in [1.807, 2.05) is 0 Å². The van der Waals surface area contributed by atoms with Gasteiger partial charge < -0.3 is 4.90 Å². The fourth-order valence-corrected chi connectivity index (χ4v) is 6.45. The number of anilines is 3. The number of rotatable bonds is 5. The third-order valence-electron chi connectivity index (χ3n) is 8.41.